The SMILES string of the molecule is CCOc1cc(/C=N/NC(=O)c2cc3ccccc3nc2C)ccc1O. The number of hydrogen-bond donors (Lipinski definition) is 2. The Labute approximate surface area is 151 Å². The van der Waals surface area contributed by atoms with Crippen LogP contribution in [0.4, 0.5) is 0 Å². The van der Waals surface area contributed by atoms with Gasteiger partial charge < -0.3 is 9.84 Å². The molecule has 132 valence electrons. The highest BCUT2D eigenvalue weighted by Gasteiger charge is 2.11. The van der Waals surface area contributed by atoms with E-state index in [1.807, 2.05) is 31.2 Å². The van der Waals surface area contributed by atoms with Crippen molar-refractivity contribution in [3.8, 4) is 11.5 Å². The van der Waals surface area contributed by atoms with E-state index in [4.69, 9.17) is 4.74 Å². The minimum Gasteiger partial charge on any atom is -0.504 e. The fourth-order valence-electron chi connectivity index (χ4n) is 2.55. The van der Waals surface area contributed by atoms with Crippen LogP contribution < -0.4 is 10.2 Å². The highest BCUT2D eigenvalue weighted by atomic mass is 16.5. The predicted molar refractivity (Wildman–Crippen MR) is 101 cm³/mol. The van der Waals surface area contributed by atoms with Gasteiger partial charge in [-0.15, -0.1) is 0 Å². The molecule has 6 heteroatoms. The second kappa shape index (κ2) is 7.65. The summed E-state index contributed by atoms with van der Waals surface area (Å²) in [6.45, 7) is 4.07. The molecule has 0 unspecified atom stereocenters. The maximum Gasteiger partial charge on any atom is 0.273 e. The number of phenols is 1. The lowest BCUT2D eigenvalue weighted by atomic mass is 10.1. The predicted octanol–water partition coefficient (Wildman–Crippen LogP) is 3.41. The number of para-hydroxylation sites is 1. The number of carbonyl (C=O) groups is 1. The number of nitrogens with one attached hydrogen (secondary N) is 1. The van der Waals surface area contributed by atoms with Crippen molar-refractivity contribution < 1.29 is 14.6 Å². The molecule has 0 radical (unpaired) electrons. The number of aromatic nitrogens is 1. The molecular formula is C20H19N3O3. The molecule has 0 saturated carbocycles. The number of ether oxygens (including phenoxy) is 1. The van der Waals surface area contributed by atoms with E-state index in [1.54, 1.807) is 25.1 Å². The average molecular weight is 349 g/mol. The van der Waals surface area contributed by atoms with Gasteiger partial charge in [0, 0.05) is 5.39 Å². The summed E-state index contributed by atoms with van der Waals surface area (Å²) < 4.78 is 5.32. The van der Waals surface area contributed by atoms with Gasteiger partial charge in [0.05, 0.1) is 29.6 Å². The van der Waals surface area contributed by atoms with Gasteiger partial charge in [-0.3, -0.25) is 9.78 Å². The van der Waals surface area contributed by atoms with Gasteiger partial charge in [-0.25, -0.2) is 5.43 Å². The highest BCUT2D eigenvalue weighted by molar-refractivity contribution is 5.99. The molecule has 0 bridgehead atoms. The van der Waals surface area contributed by atoms with E-state index < -0.39 is 0 Å². The van der Waals surface area contributed by atoms with Crippen molar-refractivity contribution in [2.24, 2.45) is 5.10 Å². The molecule has 1 aromatic heterocycles. The van der Waals surface area contributed by atoms with Crippen molar-refractivity contribution in [1.29, 1.82) is 0 Å². The molecule has 2 aromatic carbocycles. The van der Waals surface area contributed by atoms with Crippen LogP contribution in [0.25, 0.3) is 10.9 Å². The first-order chi connectivity index (χ1) is 12.6. The molecule has 2 N–H and O–H groups in total. The Morgan fingerprint density at radius 3 is 2.88 bits per heavy atom. The highest BCUT2D eigenvalue weighted by Crippen LogP contribution is 2.26. The number of nitrogens with zero attached hydrogens (tertiary/aromatic N) is 2. The quantitative estimate of drug-likeness (QED) is 0.546. The Kier molecular flexibility index (Phi) is 5.12. The van der Waals surface area contributed by atoms with E-state index in [9.17, 15) is 9.90 Å². The third kappa shape index (κ3) is 3.80. The lowest BCUT2D eigenvalue weighted by molar-refractivity contribution is 0.0954. The number of rotatable bonds is 5. The molecule has 1 amide bonds. The van der Waals surface area contributed by atoms with Crippen molar-refractivity contribution in [1.82, 2.24) is 10.4 Å². The number of hydrazone groups is 1. The molecule has 0 fully saturated rings. The normalized spacial score (nSPS) is 11.0. The molecule has 0 atom stereocenters. The smallest absolute Gasteiger partial charge is 0.273 e. The number of fused-ring (bicyclic) bond motifs is 1. The third-order valence-electron chi connectivity index (χ3n) is 3.82. The molecular weight excluding hydrogens is 330 g/mol. The van der Waals surface area contributed by atoms with Crippen LogP contribution in [0.3, 0.4) is 0 Å². The van der Waals surface area contributed by atoms with Crippen LogP contribution >= 0.6 is 0 Å². The minimum absolute atomic E-state index is 0.0610. The van der Waals surface area contributed by atoms with Crippen molar-refractivity contribution in [2.45, 2.75) is 13.8 Å². The van der Waals surface area contributed by atoms with Gasteiger partial charge in [0.25, 0.3) is 5.91 Å². The number of carbonyl (C=O) groups excluding carboxylic acids is 1. The fourth-order valence-corrected chi connectivity index (χ4v) is 2.55. The van der Waals surface area contributed by atoms with Gasteiger partial charge >= 0.3 is 0 Å². The zero-order valence-corrected chi connectivity index (χ0v) is 14.6. The van der Waals surface area contributed by atoms with E-state index in [-0.39, 0.29) is 11.7 Å². The number of aryl methyl sites for hydroxylation is 1. The van der Waals surface area contributed by atoms with E-state index >= 15 is 0 Å². The number of benzene rings is 2. The topological polar surface area (TPSA) is 83.8 Å². The van der Waals surface area contributed by atoms with Gasteiger partial charge in [0.1, 0.15) is 0 Å². The Hall–Kier alpha value is -3.41. The van der Waals surface area contributed by atoms with Crippen molar-refractivity contribution >= 4 is 23.0 Å². The van der Waals surface area contributed by atoms with Gasteiger partial charge in [-0.1, -0.05) is 18.2 Å². The van der Waals surface area contributed by atoms with E-state index in [0.717, 1.165) is 10.9 Å². The Morgan fingerprint density at radius 1 is 1.27 bits per heavy atom. The second-order valence-electron chi connectivity index (χ2n) is 5.67. The standard InChI is InChI=1S/C20H19N3O3/c1-3-26-19-10-14(8-9-18(19)24)12-21-23-20(25)16-11-15-6-4-5-7-17(15)22-13(16)2/h4-12,24H,3H2,1-2H3,(H,23,25)/b21-12+. The summed E-state index contributed by atoms with van der Waals surface area (Å²) >= 11 is 0. The van der Waals surface area contributed by atoms with E-state index in [0.29, 0.717) is 29.2 Å². The van der Waals surface area contributed by atoms with Crippen LogP contribution in [0, 0.1) is 6.92 Å². The van der Waals surface area contributed by atoms with Crippen LogP contribution in [0.15, 0.2) is 53.6 Å². The molecule has 0 aliphatic heterocycles. The van der Waals surface area contributed by atoms with Crippen LogP contribution in [0.5, 0.6) is 11.5 Å². The summed E-state index contributed by atoms with van der Waals surface area (Å²) in [5.41, 5.74) is 5.16. The number of phenolic OH excluding ortho intramolecular Hbond substituents is 1. The Balaban J connectivity index is 1.75. The molecule has 0 spiro atoms. The van der Waals surface area contributed by atoms with Crippen LogP contribution in [0.2, 0.25) is 0 Å². The van der Waals surface area contributed by atoms with Crippen LogP contribution in [-0.2, 0) is 0 Å². The Morgan fingerprint density at radius 2 is 2.08 bits per heavy atom. The van der Waals surface area contributed by atoms with Gasteiger partial charge in [0.15, 0.2) is 11.5 Å². The molecule has 1 heterocycles. The van der Waals surface area contributed by atoms with Crippen molar-refractivity contribution in [3.05, 3.63) is 65.4 Å². The first-order valence-corrected chi connectivity index (χ1v) is 8.24. The van der Waals surface area contributed by atoms with Crippen LogP contribution in [-0.4, -0.2) is 28.8 Å². The molecule has 0 aliphatic rings. The summed E-state index contributed by atoms with van der Waals surface area (Å²) in [5, 5.41) is 14.6. The first kappa shape index (κ1) is 17.4. The third-order valence-corrected chi connectivity index (χ3v) is 3.82. The lowest BCUT2D eigenvalue weighted by Crippen LogP contribution is -2.19. The monoisotopic (exact) mass is 349 g/mol. The summed E-state index contributed by atoms with van der Waals surface area (Å²) in [7, 11) is 0. The van der Waals surface area contributed by atoms with Crippen molar-refractivity contribution in [2.75, 3.05) is 6.61 Å². The molecule has 0 saturated heterocycles. The lowest BCUT2D eigenvalue weighted by Gasteiger charge is -2.07. The van der Waals surface area contributed by atoms with Crippen LogP contribution in [0.1, 0.15) is 28.5 Å². The molecule has 3 rings (SSSR count). The second-order valence-corrected chi connectivity index (χ2v) is 5.67. The number of hydrogen-bond acceptors (Lipinski definition) is 5. The van der Waals surface area contributed by atoms with Gasteiger partial charge in [-0.2, -0.15) is 5.10 Å². The number of amides is 1. The maximum atomic E-state index is 12.4. The molecule has 3 aromatic rings. The zero-order valence-electron chi connectivity index (χ0n) is 14.6. The number of aromatic hydroxyl groups is 1. The summed E-state index contributed by atoms with van der Waals surface area (Å²) in [6.07, 6.45) is 1.49. The number of pyridine rings is 1. The average Bonchev–Trinajstić information content (AvgIpc) is 2.64. The minimum atomic E-state index is -0.333. The largest absolute Gasteiger partial charge is 0.504 e. The zero-order chi connectivity index (χ0) is 18.5. The first-order valence-electron chi connectivity index (χ1n) is 8.24. The Bertz CT molecular complexity index is 983. The summed E-state index contributed by atoms with van der Waals surface area (Å²) in [5.74, 6) is 0.101. The molecule has 0 aliphatic carbocycles. The van der Waals surface area contributed by atoms with Crippen molar-refractivity contribution in [3.63, 3.8) is 0 Å². The molecule has 26 heavy (non-hydrogen) atoms. The van der Waals surface area contributed by atoms with E-state index in [2.05, 4.69) is 15.5 Å². The summed E-state index contributed by atoms with van der Waals surface area (Å²) in [4.78, 5) is 16.8. The van der Waals surface area contributed by atoms with Gasteiger partial charge in [-0.05, 0) is 49.7 Å². The van der Waals surface area contributed by atoms with Gasteiger partial charge in [0.2, 0.25) is 0 Å². The summed E-state index contributed by atoms with van der Waals surface area (Å²) in [6, 6.07) is 14.3. The molecule has 6 nitrogen and oxygen atoms in total. The fraction of sp³-hybridized carbons (Fsp3) is 0.150. The maximum absolute atomic E-state index is 12.4. The van der Waals surface area contributed by atoms with E-state index in [1.165, 1.54) is 12.3 Å².